The molecule has 0 bridgehead atoms. The van der Waals surface area contributed by atoms with Crippen LogP contribution in [0.1, 0.15) is 25.0 Å². The Bertz CT molecular complexity index is 292. The first-order valence-electron chi connectivity index (χ1n) is 4.28. The van der Waals surface area contributed by atoms with Gasteiger partial charge in [-0.25, -0.2) is 0 Å². The molecule has 0 amide bonds. The lowest BCUT2D eigenvalue weighted by Gasteiger charge is -2.08. The maximum Gasteiger partial charge on any atom is 0.419 e. The van der Waals surface area contributed by atoms with E-state index in [1.165, 1.54) is 13.0 Å². The van der Waals surface area contributed by atoms with E-state index in [1.807, 2.05) is 13.8 Å². The number of aromatic hydroxyl groups is 1. The first kappa shape index (κ1) is 12.8. The van der Waals surface area contributed by atoms with Crippen LogP contribution in [0.15, 0.2) is 18.2 Å². The third-order valence-corrected chi connectivity index (χ3v) is 1.46. The van der Waals surface area contributed by atoms with Crippen LogP contribution in [0.2, 0.25) is 0 Å². The first-order chi connectivity index (χ1) is 6.41. The van der Waals surface area contributed by atoms with Crippen molar-refractivity contribution in [2.75, 3.05) is 0 Å². The third-order valence-electron chi connectivity index (χ3n) is 1.46. The fraction of sp³-hybridized carbons (Fsp3) is 0.400. The molecular formula is C10H13F3O. The van der Waals surface area contributed by atoms with Crippen LogP contribution in [-0.2, 0) is 6.18 Å². The number of aryl methyl sites for hydroxylation is 1. The Hall–Kier alpha value is -1.19. The quantitative estimate of drug-likeness (QED) is 0.685. The molecule has 0 fully saturated rings. The maximum absolute atomic E-state index is 12.1. The Morgan fingerprint density at radius 2 is 1.64 bits per heavy atom. The summed E-state index contributed by atoms with van der Waals surface area (Å²) in [6.45, 7) is 5.54. The van der Waals surface area contributed by atoms with E-state index in [1.54, 1.807) is 0 Å². The van der Waals surface area contributed by atoms with E-state index in [0.29, 0.717) is 5.56 Å². The van der Waals surface area contributed by atoms with Crippen LogP contribution in [0.25, 0.3) is 0 Å². The summed E-state index contributed by atoms with van der Waals surface area (Å²) in [5.74, 6) is -0.729. The number of benzene rings is 1. The molecule has 0 unspecified atom stereocenters. The Kier molecular flexibility index (Phi) is 4.47. The highest BCUT2D eigenvalue weighted by Crippen LogP contribution is 2.35. The Morgan fingerprint density at radius 1 is 1.14 bits per heavy atom. The van der Waals surface area contributed by atoms with E-state index in [4.69, 9.17) is 5.11 Å². The summed E-state index contributed by atoms with van der Waals surface area (Å²) in [6, 6.07) is 3.37. The van der Waals surface area contributed by atoms with Gasteiger partial charge in [0.25, 0.3) is 0 Å². The van der Waals surface area contributed by atoms with Crippen molar-refractivity contribution in [1.82, 2.24) is 0 Å². The zero-order valence-corrected chi connectivity index (χ0v) is 8.31. The van der Waals surface area contributed by atoms with E-state index in [-0.39, 0.29) is 0 Å². The molecule has 0 aliphatic heterocycles. The molecular weight excluding hydrogens is 193 g/mol. The summed E-state index contributed by atoms with van der Waals surface area (Å²) in [7, 11) is 0. The molecule has 0 aromatic heterocycles. The van der Waals surface area contributed by atoms with Gasteiger partial charge in [0.2, 0.25) is 0 Å². The molecule has 1 rings (SSSR count). The topological polar surface area (TPSA) is 20.2 Å². The average molecular weight is 206 g/mol. The van der Waals surface area contributed by atoms with E-state index < -0.39 is 17.5 Å². The van der Waals surface area contributed by atoms with Crippen LogP contribution in [-0.4, -0.2) is 5.11 Å². The summed E-state index contributed by atoms with van der Waals surface area (Å²) in [5.41, 5.74) is -0.511. The van der Waals surface area contributed by atoms with Crippen LogP contribution in [0, 0.1) is 6.92 Å². The molecule has 1 nitrogen and oxygen atoms in total. The lowest BCUT2D eigenvalue weighted by Crippen LogP contribution is -2.05. The smallest absolute Gasteiger partial charge is 0.419 e. The van der Waals surface area contributed by atoms with Gasteiger partial charge in [-0.05, 0) is 19.1 Å². The molecule has 0 aliphatic carbocycles. The predicted molar refractivity (Wildman–Crippen MR) is 49.2 cm³/mol. The van der Waals surface area contributed by atoms with Crippen LogP contribution in [0.3, 0.4) is 0 Å². The normalized spacial score (nSPS) is 10.4. The molecule has 0 spiro atoms. The molecule has 0 heterocycles. The summed E-state index contributed by atoms with van der Waals surface area (Å²) < 4.78 is 36.2. The molecule has 14 heavy (non-hydrogen) atoms. The fourth-order valence-electron chi connectivity index (χ4n) is 0.877. The monoisotopic (exact) mass is 206 g/mol. The van der Waals surface area contributed by atoms with Gasteiger partial charge in [0.1, 0.15) is 5.75 Å². The highest BCUT2D eigenvalue weighted by molar-refractivity contribution is 5.37. The molecule has 0 saturated carbocycles. The largest absolute Gasteiger partial charge is 0.507 e. The number of phenolic OH excluding ortho intramolecular Hbond substituents is 1. The number of rotatable bonds is 0. The van der Waals surface area contributed by atoms with Crippen molar-refractivity contribution in [3.63, 3.8) is 0 Å². The van der Waals surface area contributed by atoms with Crippen LogP contribution in [0.4, 0.5) is 13.2 Å². The van der Waals surface area contributed by atoms with E-state index in [2.05, 4.69) is 0 Å². The van der Waals surface area contributed by atoms with Crippen LogP contribution in [0.5, 0.6) is 5.75 Å². The SMILES string of the molecule is CC.Cc1ccc(O)c(C(F)(F)F)c1. The number of hydrogen-bond acceptors (Lipinski definition) is 1. The summed E-state index contributed by atoms with van der Waals surface area (Å²) >= 11 is 0. The van der Waals surface area contributed by atoms with Gasteiger partial charge in [-0.1, -0.05) is 25.5 Å². The minimum atomic E-state index is -4.48. The van der Waals surface area contributed by atoms with Crippen molar-refractivity contribution in [2.24, 2.45) is 0 Å². The Labute approximate surface area is 81.2 Å². The average Bonchev–Trinajstić information content (AvgIpc) is 2.11. The summed E-state index contributed by atoms with van der Waals surface area (Å²) in [5, 5.41) is 8.85. The van der Waals surface area contributed by atoms with Gasteiger partial charge in [-0.15, -0.1) is 0 Å². The molecule has 1 aromatic carbocycles. The first-order valence-corrected chi connectivity index (χ1v) is 4.28. The van der Waals surface area contributed by atoms with Crippen LogP contribution >= 0.6 is 0 Å². The minimum Gasteiger partial charge on any atom is -0.507 e. The zero-order valence-electron chi connectivity index (χ0n) is 8.31. The molecule has 0 radical (unpaired) electrons. The maximum atomic E-state index is 12.1. The molecule has 0 aliphatic rings. The van der Waals surface area contributed by atoms with Gasteiger partial charge in [-0.3, -0.25) is 0 Å². The minimum absolute atomic E-state index is 0.472. The Morgan fingerprint density at radius 3 is 2.00 bits per heavy atom. The van der Waals surface area contributed by atoms with Gasteiger partial charge < -0.3 is 5.11 Å². The zero-order chi connectivity index (χ0) is 11.4. The van der Waals surface area contributed by atoms with Gasteiger partial charge in [-0.2, -0.15) is 13.2 Å². The summed E-state index contributed by atoms with van der Waals surface area (Å²) in [4.78, 5) is 0. The molecule has 80 valence electrons. The van der Waals surface area contributed by atoms with E-state index in [9.17, 15) is 13.2 Å². The van der Waals surface area contributed by atoms with Crippen molar-refractivity contribution in [3.05, 3.63) is 29.3 Å². The highest BCUT2D eigenvalue weighted by atomic mass is 19.4. The standard InChI is InChI=1S/C8H7F3O.C2H6/c1-5-2-3-7(12)6(4-5)8(9,10)11;1-2/h2-4,12H,1H3;1-2H3. The number of hydrogen-bond donors (Lipinski definition) is 1. The predicted octanol–water partition coefficient (Wildman–Crippen LogP) is 3.75. The highest BCUT2D eigenvalue weighted by Gasteiger charge is 2.33. The second kappa shape index (κ2) is 4.88. The van der Waals surface area contributed by atoms with Crippen LogP contribution < -0.4 is 0 Å². The second-order valence-electron chi connectivity index (χ2n) is 2.52. The number of halogens is 3. The molecule has 0 saturated heterocycles. The summed E-state index contributed by atoms with van der Waals surface area (Å²) in [6.07, 6.45) is -4.48. The lowest BCUT2D eigenvalue weighted by molar-refractivity contribution is -0.138. The lowest BCUT2D eigenvalue weighted by atomic mass is 10.1. The van der Waals surface area contributed by atoms with E-state index >= 15 is 0 Å². The van der Waals surface area contributed by atoms with E-state index in [0.717, 1.165) is 12.1 Å². The number of alkyl halides is 3. The van der Waals surface area contributed by atoms with Crippen molar-refractivity contribution >= 4 is 0 Å². The van der Waals surface area contributed by atoms with Crippen molar-refractivity contribution in [1.29, 1.82) is 0 Å². The number of phenols is 1. The van der Waals surface area contributed by atoms with Crippen molar-refractivity contribution in [3.8, 4) is 5.75 Å². The van der Waals surface area contributed by atoms with Gasteiger partial charge in [0.15, 0.2) is 0 Å². The fourth-order valence-corrected chi connectivity index (χ4v) is 0.877. The van der Waals surface area contributed by atoms with Gasteiger partial charge in [0.05, 0.1) is 5.56 Å². The molecule has 0 atom stereocenters. The van der Waals surface area contributed by atoms with Crippen molar-refractivity contribution < 1.29 is 18.3 Å². The molecule has 1 aromatic rings. The van der Waals surface area contributed by atoms with Gasteiger partial charge >= 0.3 is 6.18 Å². The molecule has 4 heteroatoms. The second-order valence-corrected chi connectivity index (χ2v) is 2.52. The van der Waals surface area contributed by atoms with Crippen molar-refractivity contribution in [2.45, 2.75) is 26.9 Å². The third kappa shape index (κ3) is 3.28. The van der Waals surface area contributed by atoms with Gasteiger partial charge in [0, 0.05) is 0 Å². The molecule has 1 N–H and O–H groups in total. The Balaban J connectivity index is 0.000000791.